The van der Waals surface area contributed by atoms with Gasteiger partial charge in [-0.15, -0.1) is 0 Å². The molecule has 0 fully saturated rings. The molecule has 21 heavy (non-hydrogen) atoms. The monoisotopic (exact) mass is 326 g/mol. The van der Waals surface area contributed by atoms with Crippen molar-refractivity contribution >= 4 is 12.4 Å². The normalized spacial score (nSPS) is 10.9. The maximum Gasteiger partial charge on any atom is 1.00 e. The summed E-state index contributed by atoms with van der Waals surface area (Å²) in [5.74, 6) is -2.08. The summed E-state index contributed by atoms with van der Waals surface area (Å²) in [4.78, 5) is 0. The van der Waals surface area contributed by atoms with Gasteiger partial charge in [-0.3, -0.25) is 0 Å². The van der Waals surface area contributed by atoms with Crippen LogP contribution in [0.1, 0.15) is 5.56 Å². The third-order valence-corrected chi connectivity index (χ3v) is 2.67. The van der Waals surface area contributed by atoms with Crippen LogP contribution in [0, 0.1) is 11.6 Å². The van der Waals surface area contributed by atoms with Gasteiger partial charge in [0.15, 0.2) is 0 Å². The molecule has 0 aliphatic heterocycles. The summed E-state index contributed by atoms with van der Waals surface area (Å²) < 4.78 is 69.6. The molecule has 2 aromatic rings. The van der Waals surface area contributed by atoms with Gasteiger partial charge in [-0.2, -0.15) is 0 Å². The van der Waals surface area contributed by atoms with Crippen molar-refractivity contribution in [1.82, 2.24) is 0 Å². The minimum Gasteiger partial charge on any atom is -0.492 e. The molecule has 0 aliphatic rings. The molecule has 0 radical (unpaired) electrons. The zero-order valence-electron chi connectivity index (χ0n) is 11.1. The van der Waals surface area contributed by atoms with E-state index in [1.807, 2.05) is 0 Å². The predicted molar refractivity (Wildman–Crippen MR) is 65.8 cm³/mol. The van der Waals surface area contributed by atoms with Crippen LogP contribution in [0.2, 0.25) is 0 Å². The summed E-state index contributed by atoms with van der Waals surface area (Å²) in [7, 11) is 0. The molecular weight excluding hydrogens is 317 g/mol. The molecule has 0 aliphatic carbocycles. The van der Waals surface area contributed by atoms with Crippen LogP contribution in [0.3, 0.4) is 0 Å². The molecule has 0 bridgehead atoms. The van der Waals surface area contributed by atoms with Gasteiger partial charge in [0.1, 0.15) is 18.2 Å². The van der Waals surface area contributed by atoms with Gasteiger partial charge >= 0.3 is 58.4 Å². The fourth-order valence-electron chi connectivity index (χ4n) is 1.67. The van der Waals surface area contributed by atoms with E-state index >= 15 is 0 Å². The van der Waals surface area contributed by atoms with Crippen LogP contribution in [-0.2, 0) is 6.61 Å². The van der Waals surface area contributed by atoms with E-state index in [4.69, 9.17) is 4.74 Å². The van der Waals surface area contributed by atoms with Crippen molar-refractivity contribution in [1.29, 1.82) is 0 Å². The molecule has 0 spiro atoms. The Labute approximate surface area is 161 Å². The van der Waals surface area contributed by atoms with Crippen molar-refractivity contribution in [2.75, 3.05) is 0 Å². The molecule has 2 aromatic carbocycles. The Morgan fingerprint density at radius 3 is 2.24 bits per heavy atom. The van der Waals surface area contributed by atoms with Crippen molar-refractivity contribution in [2.24, 2.45) is 0 Å². The molecule has 1 nitrogen and oxygen atoms in total. The number of hydrogen-bond acceptors (Lipinski definition) is 1. The predicted octanol–water partition coefficient (Wildman–Crippen LogP) is 0.602. The smallest absolute Gasteiger partial charge is 0.492 e. The van der Waals surface area contributed by atoms with Gasteiger partial charge in [0.2, 0.25) is 0 Å². The Kier molecular flexibility index (Phi) is 6.86. The second-order valence-electron chi connectivity index (χ2n) is 4.14. The van der Waals surface area contributed by atoms with E-state index < -0.39 is 36.4 Å². The first-order chi connectivity index (χ1) is 9.38. The summed E-state index contributed by atoms with van der Waals surface area (Å²) in [5, 5.41) is 0. The number of benzene rings is 2. The molecule has 8 heteroatoms. The van der Waals surface area contributed by atoms with Crippen molar-refractivity contribution < 1.29 is 77.8 Å². The van der Waals surface area contributed by atoms with Crippen molar-refractivity contribution in [2.45, 2.75) is 6.61 Å². The summed E-state index contributed by atoms with van der Waals surface area (Å²) in [6.45, 7) is -5.74. The van der Waals surface area contributed by atoms with Crippen molar-refractivity contribution in [3.05, 3.63) is 59.7 Å². The largest absolute Gasteiger partial charge is 1.00 e. The van der Waals surface area contributed by atoms with Gasteiger partial charge in [0, 0.05) is 11.6 Å². The van der Waals surface area contributed by atoms with E-state index in [9.17, 15) is 21.7 Å². The zero-order valence-corrected chi connectivity index (χ0v) is 14.2. The average Bonchev–Trinajstić information content (AvgIpc) is 2.36. The Hall–Kier alpha value is -0.409. The topological polar surface area (TPSA) is 9.23 Å². The van der Waals surface area contributed by atoms with E-state index in [1.165, 1.54) is 24.3 Å². The molecular formula is C13H9BF5KO. The maximum atomic E-state index is 13.3. The fourth-order valence-corrected chi connectivity index (χ4v) is 1.67. The summed E-state index contributed by atoms with van der Waals surface area (Å²) in [6.07, 6.45) is 0. The average molecular weight is 326 g/mol. The van der Waals surface area contributed by atoms with Crippen LogP contribution < -0.4 is 61.6 Å². The Balaban J connectivity index is 0.00000220. The molecule has 2 rings (SSSR count). The molecule has 0 unspecified atom stereocenters. The van der Waals surface area contributed by atoms with Gasteiger partial charge in [-0.1, -0.05) is 29.7 Å². The van der Waals surface area contributed by atoms with Crippen molar-refractivity contribution in [3.8, 4) is 5.75 Å². The SMILES string of the molecule is Fc1ccc([B-](F)(F)F)c(OCc2ccccc2F)c1.[K+]. The number of hydrogen-bond donors (Lipinski definition) is 0. The van der Waals surface area contributed by atoms with Gasteiger partial charge in [-0.05, 0) is 12.1 Å². The zero-order chi connectivity index (χ0) is 14.8. The number of rotatable bonds is 4. The molecule has 0 aromatic heterocycles. The molecule has 0 atom stereocenters. The van der Waals surface area contributed by atoms with Crippen molar-refractivity contribution in [3.63, 3.8) is 0 Å². The Morgan fingerprint density at radius 2 is 1.62 bits per heavy atom. The van der Waals surface area contributed by atoms with E-state index in [1.54, 1.807) is 0 Å². The van der Waals surface area contributed by atoms with Crippen LogP contribution in [0.4, 0.5) is 21.7 Å². The minimum absolute atomic E-state index is 0. The van der Waals surface area contributed by atoms with Crippen LogP contribution >= 0.6 is 0 Å². The van der Waals surface area contributed by atoms with Crippen LogP contribution in [-0.4, -0.2) is 6.98 Å². The molecule has 0 saturated carbocycles. The fraction of sp³-hybridized carbons (Fsp3) is 0.0769. The van der Waals surface area contributed by atoms with Crippen LogP contribution in [0.25, 0.3) is 0 Å². The van der Waals surface area contributed by atoms with Gasteiger partial charge in [0.05, 0.1) is 5.75 Å². The van der Waals surface area contributed by atoms with Gasteiger partial charge in [0.25, 0.3) is 0 Å². The molecule has 0 amide bonds. The van der Waals surface area contributed by atoms with Crippen LogP contribution in [0.15, 0.2) is 42.5 Å². The third kappa shape index (κ3) is 5.07. The molecule has 0 N–H and O–H groups in total. The minimum atomic E-state index is -5.33. The molecule has 0 saturated heterocycles. The Bertz CT molecular complexity index is 618. The van der Waals surface area contributed by atoms with Gasteiger partial charge in [-0.25, -0.2) is 8.78 Å². The van der Waals surface area contributed by atoms with E-state index in [0.29, 0.717) is 18.2 Å². The summed E-state index contributed by atoms with van der Waals surface area (Å²) in [5.41, 5.74) is -0.944. The van der Waals surface area contributed by atoms with E-state index in [2.05, 4.69) is 0 Å². The standard InChI is InChI=1S/C13H9BF5O.K/c15-10-5-6-11(14(17,18)19)13(7-10)20-8-9-3-1-2-4-12(9)16;/h1-7H,8H2;/q-1;+1. The summed E-state index contributed by atoms with van der Waals surface area (Å²) in [6, 6.07) is 7.50. The quantitative estimate of drug-likeness (QED) is 0.591. The third-order valence-electron chi connectivity index (χ3n) is 2.67. The first kappa shape index (κ1) is 18.6. The first-order valence-electron chi connectivity index (χ1n) is 5.73. The maximum absolute atomic E-state index is 13.3. The van der Waals surface area contributed by atoms with E-state index in [-0.39, 0.29) is 56.9 Å². The van der Waals surface area contributed by atoms with Crippen LogP contribution in [0.5, 0.6) is 5.75 Å². The second-order valence-corrected chi connectivity index (χ2v) is 4.14. The van der Waals surface area contributed by atoms with E-state index in [0.717, 1.165) is 0 Å². The number of halogens is 5. The number of ether oxygens (including phenoxy) is 1. The summed E-state index contributed by atoms with van der Waals surface area (Å²) >= 11 is 0. The Morgan fingerprint density at radius 1 is 0.952 bits per heavy atom. The first-order valence-corrected chi connectivity index (χ1v) is 5.73. The second kappa shape index (κ2) is 7.73. The molecule has 0 heterocycles. The molecule has 106 valence electrons. The van der Waals surface area contributed by atoms with Gasteiger partial charge < -0.3 is 17.7 Å².